The lowest BCUT2D eigenvalue weighted by molar-refractivity contribution is -0.165. The van der Waals surface area contributed by atoms with E-state index in [1.165, 1.54) is 7.05 Å². The van der Waals surface area contributed by atoms with Gasteiger partial charge in [0.25, 0.3) is 0 Å². The summed E-state index contributed by atoms with van der Waals surface area (Å²) in [6, 6.07) is 7.96. The number of guanidine groups is 1. The van der Waals surface area contributed by atoms with Gasteiger partial charge in [-0.05, 0) is 5.56 Å². The molecule has 106 valence electrons. The van der Waals surface area contributed by atoms with Crippen LogP contribution in [0.25, 0.3) is 0 Å². The van der Waals surface area contributed by atoms with Crippen LogP contribution < -0.4 is 5.32 Å². The average molecular weight is 385 g/mol. The van der Waals surface area contributed by atoms with Gasteiger partial charge < -0.3 is 10.2 Å². The lowest BCUT2D eigenvalue weighted by Crippen LogP contribution is -2.47. The van der Waals surface area contributed by atoms with E-state index in [4.69, 9.17) is 0 Å². The molecule has 3 nitrogen and oxygen atoms in total. The fourth-order valence-electron chi connectivity index (χ4n) is 1.84. The molecule has 1 unspecified atom stereocenters. The molecule has 2 rings (SSSR count). The molecule has 1 heterocycles. The maximum absolute atomic E-state index is 12.6. The van der Waals surface area contributed by atoms with E-state index in [2.05, 4.69) is 10.3 Å². The standard InChI is InChI=1S/C12H14F3N3.HI/c1-18-10(12(13,14)15)8-17-11(18)16-7-9-5-3-2-4-6-9;/h2-6,10H,7-8H2,1H3,(H,16,17);1H. The highest BCUT2D eigenvalue weighted by atomic mass is 127. The molecule has 0 fully saturated rings. The molecule has 0 spiro atoms. The second-order valence-electron chi connectivity index (χ2n) is 4.17. The molecule has 1 aliphatic rings. The molecule has 0 saturated carbocycles. The topological polar surface area (TPSA) is 27.6 Å². The Morgan fingerprint density at radius 2 is 1.95 bits per heavy atom. The Kier molecular flexibility index (Phi) is 5.45. The van der Waals surface area contributed by atoms with Crippen molar-refractivity contribution in [3.05, 3.63) is 35.9 Å². The molecule has 0 aliphatic carbocycles. The maximum atomic E-state index is 12.6. The number of hydrogen-bond donors (Lipinski definition) is 1. The summed E-state index contributed by atoms with van der Waals surface area (Å²) in [7, 11) is 1.40. The minimum absolute atomic E-state index is 0. The number of rotatable bonds is 2. The summed E-state index contributed by atoms with van der Waals surface area (Å²) < 4.78 is 37.8. The Bertz CT molecular complexity index is 434. The van der Waals surface area contributed by atoms with Crippen LogP contribution >= 0.6 is 24.0 Å². The average Bonchev–Trinajstić information content (AvgIpc) is 2.69. The van der Waals surface area contributed by atoms with Gasteiger partial charge >= 0.3 is 6.18 Å². The van der Waals surface area contributed by atoms with E-state index in [1.54, 1.807) is 0 Å². The molecule has 7 heteroatoms. The van der Waals surface area contributed by atoms with E-state index in [-0.39, 0.29) is 30.5 Å². The van der Waals surface area contributed by atoms with Gasteiger partial charge in [0.05, 0.1) is 6.54 Å². The first-order valence-corrected chi connectivity index (χ1v) is 5.60. The van der Waals surface area contributed by atoms with Crippen molar-refractivity contribution in [3.8, 4) is 0 Å². The number of nitrogens with one attached hydrogen (secondary N) is 1. The van der Waals surface area contributed by atoms with Crippen molar-refractivity contribution in [2.75, 3.05) is 13.6 Å². The zero-order valence-corrected chi connectivity index (χ0v) is 12.6. The minimum atomic E-state index is -4.24. The summed E-state index contributed by atoms with van der Waals surface area (Å²) >= 11 is 0. The second kappa shape index (κ2) is 6.44. The van der Waals surface area contributed by atoms with E-state index in [0.717, 1.165) is 10.5 Å². The molecular formula is C12H15F3IN3. The molecule has 1 N–H and O–H groups in total. The highest BCUT2D eigenvalue weighted by molar-refractivity contribution is 14.0. The predicted octanol–water partition coefficient (Wildman–Crippen LogP) is 2.63. The van der Waals surface area contributed by atoms with Crippen LogP contribution in [0.2, 0.25) is 0 Å². The van der Waals surface area contributed by atoms with Crippen LogP contribution in [-0.2, 0) is 6.54 Å². The number of halogens is 4. The number of alkyl halides is 3. The lowest BCUT2D eigenvalue weighted by atomic mass is 10.2. The van der Waals surface area contributed by atoms with Gasteiger partial charge in [-0.25, -0.2) is 0 Å². The molecular weight excluding hydrogens is 370 g/mol. The fourth-order valence-corrected chi connectivity index (χ4v) is 1.84. The first kappa shape index (κ1) is 16.1. The summed E-state index contributed by atoms with van der Waals surface area (Å²) in [6.45, 7) is 0.228. The minimum Gasteiger partial charge on any atom is -0.352 e. The Balaban J connectivity index is 0.00000180. The zero-order valence-electron chi connectivity index (χ0n) is 10.3. The normalized spacial score (nSPS) is 18.8. The molecule has 0 bridgehead atoms. The quantitative estimate of drug-likeness (QED) is 0.793. The van der Waals surface area contributed by atoms with Crippen molar-refractivity contribution in [2.24, 2.45) is 4.99 Å². The first-order chi connectivity index (χ1) is 8.48. The maximum Gasteiger partial charge on any atom is 0.410 e. The summed E-state index contributed by atoms with van der Waals surface area (Å²) in [5.74, 6) is 0.293. The number of aliphatic imine (C=N–C) groups is 1. The second-order valence-corrected chi connectivity index (χ2v) is 4.17. The Labute approximate surface area is 126 Å². The van der Waals surface area contributed by atoms with Crippen molar-refractivity contribution in [2.45, 2.75) is 18.8 Å². The van der Waals surface area contributed by atoms with Crippen LogP contribution in [0.1, 0.15) is 5.56 Å². The Morgan fingerprint density at radius 1 is 1.32 bits per heavy atom. The van der Waals surface area contributed by atoms with E-state index >= 15 is 0 Å². The molecule has 1 atom stereocenters. The fraction of sp³-hybridized carbons (Fsp3) is 0.417. The van der Waals surface area contributed by atoms with Crippen molar-refractivity contribution < 1.29 is 13.2 Å². The number of benzene rings is 1. The van der Waals surface area contributed by atoms with E-state index < -0.39 is 12.2 Å². The van der Waals surface area contributed by atoms with Crippen LogP contribution in [0.5, 0.6) is 0 Å². The van der Waals surface area contributed by atoms with Gasteiger partial charge in [0.2, 0.25) is 0 Å². The van der Waals surface area contributed by atoms with Gasteiger partial charge in [-0.15, -0.1) is 24.0 Å². The van der Waals surface area contributed by atoms with E-state index in [0.29, 0.717) is 12.5 Å². The van der Waals surface area contributed by atoms with Gasteiger partial charge in [0.15, 0.2) is 5.96 Å². The lowest BCUT2D eigenvalue weighted by Gasteiger charge is -2.25. The number of hydrogen-bond acceptors (Lipinski definition) is 3. The zero-order chi connectivity index (χ0) is 13.2. The smallest absolute Gasteiger partial charge is 0.352 e. The van der Waals surface area contributed by atoms with E-state index in [9.17, 15) is 13.2 Å². The molecule has 1 aromatic rings. The number of likely N-dealkylation sites (N-methyl/N-ethyl adjacent to an activating group) is 1. The number of nitrogens with zero attached hydrogens (tertiary/aromatic N) is 2. The molecule has 19 heavy (non-hydrogen) atoms. The third-order valence-corrected chi connectivity index (χ3v) is 2.89. The molecule has 0 amide bonds. The monoisotopic (exact) mass is 385 g/mol. The van der Waals surface area contributed by atoms with Crippen LogP contribution in [0, 0.1) is 0 Å². The Morgan fingerprint density at radius 3 is 2.47 bits per heavy atom. The summed E-state index contributed by atoms with van der Waals surface area (Å²) in [5, 5.41) is 2.93. The predicted molar refractivity (Wildman–Crippen MR) is 78.6 cm³/mol. The van der Waals surface area contributed by atoms with Crippen molar-refractivity contribution >= 4 is 29.9 Å². The van der Waals surface area contributed by atoms with E-state index in [1.807, 2.05) is 30.3 Å². The highest BCUT2D eigenvalue weighted by Crippen LogP contribution is 2.27. The molecule has 1 aromatic carbocycles. The van der Waals surface area contributed by atoms with Crippen molar-refractivity contribution in [1.82, 2.24) is 10.2 Å². The van der Waals surface area contributed by atoms with Crippen LogP contribution in [0.15, 0.2) is 35.3 Å². The Hall–Kier alpha value is -0.990. The van der Waals surface area contributed by atoms with Crippen LogP contribution in [-0.4, -0.2) is 36.7 Å². The molecule has 0 aromatic heterocycles. The largest absolute Gasteiger partial charge is 0.410 e. The van der Waals surface area contributed by atoms with Gasteiger partial charge in [-0.3, -0.25) is 4.99 Å². The summed E-state index contributed by atoms with van der Waals surface area (Å²) in [6.07, 6.45) is -4.24. The molecule has 0 saturated heterocycles. The van der Waals surface area contributed by atoms with Crippen LogP contribution in [0.4, 0.5) is 13.2 Å². The van der Waals surface area contributed by atoms with Gasteiger partial charge in [0.1, 0.15) is 6.04 Å². The SMILES string of the molecule is CN1C(NCc2ccccc2)=NCC1C(F)(F)F.I. The van der Waals surface area contributed by atoms with Gasteiger partial charge in [-0.2, -0.15) is 13.2 Å². The molecule has 1 aliphatic heterocycles. The first-order valence-electron chi connectivity index (χ1n) is 5.60. The van der Waals surface area contributed by atoms with Gasteiger partial charge in [-0.1, -0.05) is 30.3 Å². The molecule has 0 radical (unpaired) electrons. The summed E-state index contributed by atoms with van der Waals surface area (Å²) in [4.78, 5) is 5.03. The van der Waals surface area contributed by atoms with Crippen LogP contribution in [0.3, 0.4) is 0 Å². The third-order valence-electron chi connectivity index (χ3n) is 2.89. The summed E-state index contributed by atoms with van der Waals surface area (Å²) in [5.41, 5.74) is 1.00. The van der Waals surface area contributed by atoms with Crippen molar-refractivity contribution in [3.63, 3.8) is 0 Å². The third kappa shape index (κ3) is 3.99. The highest BCUT2D eigenvalue weighted by Gasteiger charge is 2.45. The van der Waals surface area contributed by atoms with Crippen molar-refractivity contribution in [1.29, 1.82) is 0 Å². The van der Waals surface area contributed by atoms with Gasteiger partial charge in [0, 0.05) is 13.6 Å².